The zero-order valence-corrected chi connectivity index (χ0v) is 16.5. The van der Waals surface area contributed by atoms with Gasteiger partial charge in [-0.15, -0.1) is 0 Å². The molecule has 0 aliphatic carbocycles. The van der Waals surface area contributed by atoms with Crippen LogP contribution >= 0.6 is 40.3 Å². The lowest BCUT2D eigenvalue weighted by molar-refractivity contribution is 0.406. The first-order valence-electron chi connectivity index (χ1n) is 7.83. The summed E-state index contributed by atoms with van der Waals surface area (Å²) in [4.78, 5) is 6.69. The molecule has 1 aliphatic rings. The summed E-state index contributed by atoms with van der Waals surface area (Å²) in [7, 11) is 0. The van der Waals surface area contributed by atoms with E-state index < -0.39 is 0 Å². The van der Waals surface area contributed by atoms with Crippen LogP contribution in [0.15, 0.2) is 65.6 Å². The predicted octanol–water partition coefficient (Wildman–Crippen LogP) is 5.56. The molecule has 0 saturated carbocycles. The van der Waals surface area contributed by atoms with Crippen molar-refractivity contribution in [3.63, 3.8) is 0 Å². The molecule has 0 N–H and O–H groups in total. The summed E-state index contributed by atoms with van der Waals surface area (Å²) in [6.07, 6.45) is 10.3. The van der Waals surface area contributed by atoms with E-state index in [9.17, 15) is 0 Å². The Morgan fingerprint density at radius 3 is 2.92 bits per heavy atom. The van der Waals surface area contributed by atoms with Gasteiger partial charge in [0.15, 0.2) is 0 Å². The molecule has 3 nitrogen and oxygen atoms in total. The fraction of sp³-hybridized carbons (Fsp3) is 0.105. The number of halogens is 2. The molecule has 0 atom stereocenters. The molecule has 25 heavy (non-hydrogen) atoms. The fourth-order valence-electron chi connectivity index (χ4n) is 3.01. The lowest BCUT2D eigenvalue weighted by atomic mass is 10.0. The molecule has 1 aromatic carbocycles. The maximum atomic E-state index is 6.07. The Hall–Kier alpha value is -1.69. The van der Waals surface area contributed by atoms with Crippen molar-refractivity contribution in [1.29, 1.82) is 0 Å². The number of thiol groups is 1. The Labute approximate surface area is 165 Å². The molecule has 0 bridgehead atoms. The van der Waals surface area contributed by atoms with Crippen LogP contribution in [0.3, 0.4) is 0 Å². The molecule has 0 radical (unpaired) electrons. The van der Waals surface area contributed by atoms with Gasteiger partial charge in [-0.05, 0) is 51.3 Å². The molecule has 0 unspecified atom stereocenters. The maximum absolute atomic E-state index is 6.07. The molecule has 0 fully saturated rings. The highest BCUT2D eigenvalue weighted by Gasteiger charge is 2.14. The first kappa shape index (κ1) is 16.8. The molecule has 126 valence electrons. The molecular weight excluding hydrogens is 418 g/mol. The number of hydrogen-bond acceptors (Lipinski definition) is 3. The van der Waals surface area contributed by atoms with Gasteiger partial charge < -0.3 is 4.90 Å². The summed E-state index contributed by atoms with van der Waals surface area (Å²) in [6.45, 7) is 1.68. The van der Waals surface area contributed by atoms with E-state index in [4.69, 9.17) is 11.6 Å². The van der Waals surface area contributed by atoms with Crippen LogP contribution in [0, 0.1) is 0 Å². The third-order valence-electron chi connectivity index (χ3n) is 4.19. The van der Waals surface area contributed by atoms with Crippen LogP contribution in [0.25, 0.3) is 16.6 Å². The quantitative estimate of drug-likeness (QED) is 0.547. The minimum Gasteiger partial charge on any atom is -0.369 e. The van der Waals surface area contributed by atoms with Crippen molar-refractivity contribution < 1.29 is 0 Å². The van der Waals surface area contributed by atoms with Gasteiger partial charge in [0.2, 0.25) is 0 Å². The molecule has 0 spiro atoms. The summed E-state index contributed by atoms with van der Waals surface area (Å²) >= 11 is 14.1. The monoisotopic (exact) mass is 431 g/mol. The van der Waals surface area contributed by atoms with Crippen LogP contribution in [0.4, 0.5) is 0 Å². The van der Waals surface area contributed by atoms with Crippen molar-refractivity contribution in [2.75, 3.05) is 6.54 Å². The zero-order chi connectivity index (χ0) is 17.4. The first-order chi connectivity index (χ1) is 12.1. The average Bonchev–Trinajstić information content (AvgIpc) is 2.92. The van der Waals surface area contributed by atoms with E-state index in [1.54, 1.807) is 10.2 Å². The van der Waals surface area contributed by atoms with Crippen molar-refractivity contribution in [3.05, 3.63) is 81.7 Å². The number of allylic oxidation sites excluding steroid dienone is 2. The number of aromatic nitrogens is 2. The van der Waals surface area contributed by atoms with Crippen molar-refractivity contribution in [2.24, 2.45) is 0 Å². The Kier molecular flexibility index (Phi) is 4.63. The molecule has 3 heterocycles. The van der Waals surface area contributed by atoms with Crippen LogP contribution in [0.5, 0.6) is 0 Å². The second kappa shape index (κ2) is 6.90. The summed E-state index contributed by atoms with van der Waals surface area (Å²) in [5.41, 5.74) is 4.38. The second-order valence-corrected chi connectivity index (χ2v) is 7.73. The fourth-order valence-corrected chi connectivity index (χ4v) is 3.83. The number of pyridine rings is 1. The summed E-state index contributed by atoms with van der Waals surface area (Å²) in [6, 6.07) is 10.1. The van der Waals surface area contributed by atoms with Gasteiger partial charge in [-0.25, -0.2) is 4.98 Å². The number of nitrogens with zero attached hydrogens (tertiary/aromatic N) is 3. The summed E-state index contributed by atoms with van der Waals surface area (Å²) in [5.74, 6) is 0. The lowest BCUT2D eigenvalue weighted by Crippen LogP contribution is -2.19. The normalized spacial score (nSPS) is 14.2. The van der Waals surface area contributed by atoms with E-state index in [-0.39, 0.29) is 0 Å². The summed E-state index contributed by atoms with van der Waals surface area (Å²) < 4.78 is 2.73. The number of hydrogen-bond donors (Lipinski definition) is 1. The largest absolute Gasteiger partial charge is 0.369 e. The van der Waals surface area contributed by atoms with Gasteiger partial charge in [-0.3, -0.25) is 3.97 Å². The van der Waals surface area contributed by atoms with Crippen molar-refractivity contribution in [2.45, 2.75) is 6.54 Å². The topological polar surface area (TPSA) is 21.1 Å². The smallest absolute Gasteiger partial charge is 0.150 e. The molecule has 2 aromatic heterocycles. The number of fused-ring (bicyclic) bond motifs is 1. The van der Waals surface area contributed by atoms with Gasteiger partial charge in [0.25, 0.3) is 0 Å². The van der Waals surface area contributed by atoms with E-state index in [1.165, 1.54) is 11.1 Å². The lowest BCUT2D eigenvalue weighted by Gasteiger charge is -2.22. The molecule has 3 aromatic rings. The van der Waals surface area contributed by atoms with Crippen LogP contribution in [0.2, 0.25) is 5.02 Å². The third kappa shape index (κ3) is 3.50. The van der Waals surface area contributed by atoms with Crippen molar-refractivity contribution in [1.82, 2.24) is 13.9 Å². The van der Waals surface area contributed by atoms with Gasteiger partial charge in [0, 0.05) is 52.1 Å². The Bertz CT molecular complexity index is 1010. The molecule has 4 rings (SSSR count). The number of benzene rings is 1. The van der Waals surface area contributed by atoms with Crippen LogP contribution in [-0.4, -0.2) is 20.4 Å². The van der Waals surface area contributed by atoms with E-state index in [1.807, 2.05) is 24.4 Å². The Balaban J connectivity index is 1.57. The molecule has 1 aliphatic heterocycles. The highest BCUT2D eigenvalue weighted by Crippen LogP contribution is 2.31. The third-order valence-corrected chi connectivity index (χ3v) is 5.16. The summed E-state index contributed by atoms with van der Waals surface area (Å²) in [5, 5.41) is 1.86. The van der Waals surface area contributed by atoms with Crippen LogP contribution in [0.1, 0.15) is 11.1 Å². The maximum Gasteiger partial charge on any atom is 0.150 e. The van der Waals surface area contributed by atoms with Gasteiger partial charge in [-0.1, -0.05) is 42.6 Å². The van der Waals surface area contributed by atoms with Gasteiger partial charge in [-0.2, -0.15) is 0 Å². The Morgan fingerprint density at radius 1 is 1.28 bits per heavy atom. The number of rotatable bonds is 3. The van der Waals surface area contributed by atoms with E-state index >= 15 is 0 Å². The van der Waals surface area contributed by atoms with Crippen molar-refractivity contribution in [3.8, 4) is 0 Å². The minimum atomic E-state index is 0.773. The van der Waals surface area contributed by atoms with Crippen molar-refractivity contribution >= 4 is 57.0 Å². The van der Waals surface area contributed by atoms with Gasteiger partial charge in [0.05, 0.1) is 0 Å². The molecule has 0 amide bonds. The molecular formula is C19H15BrClN3S. The highest BCUT2D eigenvalue weighted by atomic mass is 79.9. The van der Waals surface area contributed by atoms with E-state index in [0.29, 0.717) is 0 Å². The molecule has 6 heteroatoms. The van der Waals surface area contributed by atoms with Gasteiger partial charge >= 0.3 is 0 Å². The SMILES string of the molecule is Sn1cc(C2=CCN(Cc3cccc(Cl)c3)C=C2)c2cc(Br)cnc21. The standard InChI is InChI=1S/C19H15BrClN3S/c20-15-9-17-18(12-24(25)19(17)22-10-15)14-4-6-23(7-5-14)11-13-2-1-3-16(21)8-13/h1-6,8-10,12,25H,7,11H2. The average molecular weight is 433 g/mol. The second-order valence-electron chi connectivity index (χ2n) is 5.95. The first-order valence-corrected chi connectivity index (χ1v) is 9.40. The minimum absolute atomic E-state index is 0.773. The highest BCUT2D eigenvalue weighted by molar-refractivity contribution is 9.10. The van der Waals surface area contributed by atoms with Crippen LogP contribution in [-0.2, 0) is 6.54 Å². The van der Waals surface area contributed by atoms with E-state index in [0.717, 1.165) is 39.2 Å². The Morgan fingerprint density at radius 2 is 2.16 bits per heavy atom. The van der Waals surface area contributed by atoms with E-state index in [2.05, 4.69) is 69.1 Å². The van der Waals surface area contributed by atoms with Gasteiger partial charge in [0.1, 0.15) is 5.65 Å². The van der Waals surface area contributed by atoms with Crippen LogP contribution < -0.4 is 0 Å². The zero-order valence-electron chi connectivity index (χ0n) is 13.2. The molecule has 0 saturated heterocycles. The predicted molar refractivity (Wildman–Crippen MR) is 111 cm³/mol.